The van der Waals surface area contributed by atoms with Crippen LogP contribution in [0.3, 0.4) is 0 Å². The molecule has 1 saturated carbocycles. The van der Waals surface area contributed by atoms with Gasteiger partial charge in [0, 0.05) is 5.41 Å². The lowest BCUT2D eigenvalue weighted by molar-refractivity contribution is -0.286. The number of epoxide rings is 1. The Balaban J connectivity index is 1.45. The first kappa shape index (κ1) is 16.1. The predicted molar refractivity (Wildman–Crippen MR) is 89.8 cm³/mol. The summed E-state index contributed by atoms with van der Waals surface area (Å²) in [6.07, 6.45) is -1.88. The molecule has 136 valence electrons. The van der Waals surface area contributed by atoms with E-state index in [1.807, 2.05) is 19.1 Å². The quantitative estimate of drug-likeness (QED) is 0.635. The summed E-state index contributed by atoms with van der Waals surface area (Å²) in [5, 5.41) is 3.78. The number of hydrogen-bond donors (Lipinski definition) is 1. The van der Waals surface area contributed by atoms with Crippen molar-refractivity contribution in [3.63, 3.8) is 0 Å². The number of aromatic nitrogens is 1. The predicted octanol–water partition coefficient (Wildman–Crippen LogP) is 4.24. The monoisotopic (exact) mass is 380 g/mol. The van der Waals surface area contributed by atoms with E-state index in [0.717, 1.165) is 24.0 Å². The van der Waals surface area contributed by atoms with Crippen molar-refractivity contribution in [2.75, 3.05) is 11.9 Å². The average molecular weight is 381 g/mol. The summed E-state index contributed by atoms with van der Waals surface area (Å²) in [6.45, 7) is 2.39. The second-order valence-electron chi connectivity index (χ2n) is 6.96. The highest BCUT2D eigenvalue weighted by molar-refractivity contribution is 6.30. The summed E-state index contributed by atoms with van der Waals surface area (Å²) in [7, 11) is 0. The van der Waals surface area contributed by atoms with Gasteiger partial charge in [0.15, 0.2) is 17.2 Å². The van der Waals surface area contributed by atoms with Crippen LogP contribution in [0.5, 0.6) is 11.5 Å². The number of hydrogen-bond acceptors (Lipinski definition) is 5. The number of benzene rings is 1. The smallest absolute Gasteiger partial charge is 0.395 e. The Morgan fingerprint density at radius 1 is 1.12 bits per heavy atom. The van der Waals surface area contributed by atoms with Crippen LogP contribution in [0, 0.1) is 6.92 Å². The molecule has 1 unspecified atom stereocenters. The number of aryl methyl sites for hydroxylation is 1. The van der Waals surface area contributed by atoms with Gasteiger partial charge in [-0.05, 0) is 49.1 Å². The fourth-order valence-corrected chi connectivity index (χ4v) is 3.77. The van der Waals surface area contributed by atoms with E-state index >= 15 is 0 Å². The van der Waals surface area contributed by atoms with E-state index in [-0.39, 0.29) is 16.9 Å². The summed E-state index contributed by atoms with van der Waals surface area (Å²) in [5.41, 5.74) is 0.832. The van der Waals surface area contributed by atoms with E-state index in [0.29, 0.717) is 17.6 Å². The van der Waals surface area contributed by atoms with E-state index in [9.17, 15) is 8.78 Å². The summed E-state index contributed by atoms with van der Waals surface area (Å²) >= 11 is 6.11. The molecule has 3 aliphatic rings. The minimum absolute atomic E-state index is 0.0419. The Hall–Kier alpha value is -2.12. The zero-order valence-corrected chi connectivity index (χ0v) is 14.6. The normalized spacial score (nSPS) is 26.5. The molecule has 2 fully saturated rings. The molecule has 1 N–H and O–H groups in total. The van der Waals surface area contributed by atoms with Crippen LogP contribution < -0.4 is 14.8 Å². The van der Waals surface area contributed by atoms with Crippen LogP contribution in [0.25, 0.3) is 0 Å². The molecule has 5 rings (SSSR count). The number of nitrogens with one attached hydrogen (secondary N) is 1. The number of alkyl halides is 2. The summed E-state index contributed by atoms with van der Waals surface area (Å²) in [5.74, 6) is 0.711. The lowest BCUT2D eigenvalue weighted by Gasteiger charge is -2.26. The van der Waals surface area contributed by atoms with Crippen molar-refractivity contribution >= 4 is 17.4 Å². The number of nitrogens with zero attached hydrogens (tertiary/aromatic N) is 1. The molecule has 0 spiro atoms. The highest BCUT2D eigenvalue weighted by atomic mass is 35.5. The van der Waals surface area contributed by atoms with E-state index < -0.39 is 12.0 Å². The van der Waals surface area contributed by atoms with Gasteiger partial charge < -0.3 is 19.5 Å². The van der Waals surface area contributed by atoms with Crippen molar-refractivity contribution in [1.29, 1.82) is 0 Å². The van der Waals surface area contributed by atoms with Gasteiger partial charge in [0.05, 0.1) is 6.61 Å². The van der Waals surface area contributed by atoms with Gasteiger partial charge in [-0.15, -0.1) is 8.78 Å². The molecule has 1 aromatic heterocycles. The van der Waals surface area contributed by atoms with Crippen molar-refractivity contribution in [2.45, 2.75) is 37.2 Å². The highest BCUT2D eigenvalue weighted by Gasteiger charge is 2.69. The van der Waals surface area contributed by atoms with Gasteiger partial charge in [0.1, 0.15) is 11.0 Å². The lowest BCUT2D eigenvalue weighted by Crippen LogP contribution is -2.38. The van der Waals surface area contributed by atoms with Crippen molar-refractivity contribution in [1.82, 2.24) is 4.98 Å². The molecule has 2 aliphatic heterocycles. The first-order chi connectivity index (χ1) is 12.3. The summed E-state index contributed by atoms with van der Waals surface area (Å²) in [6, 6.07) is 8.65. The zero-order valence-electron chi connectivity index (χ0n) is 13.8. The Morgan fingerprint density at radius 3 is 2.50 bits per heavy atom. The first-order valence-electron chi connectivity index (χ1n) is 8.28. The minimum atomic E-state index is -3.62. The lowest BCUT2D eigenvalue weighted by atomic mass is 9.87. The topological polar surface area (TPSA) is 55.9 Å². The highest BCUT2D eigenvalue weighted by Crippen LogP contribution is 2.63. The van der Waals surface area contributed by atoms with Gasteiger partial charge in [-0.1, -0.05) is 23.7 Å². The van der Waals surface area contributed by atoms with E-state index in [1.54, 1.807) is 12.1 Å². The molecule has 26 heavy (non-hydrogen) atoms. The van der Waals surface area contributed by atoms with Crippen LogP contribution in [0.1, 0.15) is 24.0 Å². The van der Waals surface area contributed by atoms with Crippen molar-refractivity contribution in [3.05, 3.63) is 46.6 Å². The molecule has 1 saturated heterocycles. The number of halogens is 3. The number of anilines is 1. The molecular formula is C18H15ClF2N2O3. The maximum absolute atomic E-state index is 13.3. The Morgan fingerprint density at radius 2 is 1.85 bits per heavy atom. The molecular weight excluding hydrogens is 366 g/mol. The number of rotatable bonds is 4. The van der Waals surface area contributed by atoms with Gasteiger partial charge in [0.25, 0.3) is 0 Å². The third kappa shape index (κ3) is 2.34. The van der Waals surface area contributed by atoms with Crippen LogP contribution in [0.2, 0.25) is 5.15 Å². The third-order valence-corrected chi connectivity index (χ3v) is 5.66. The Bertz CT molecular complexity index is 913. The van der Waals surface area contributed by atoms with Gasteiger partial charge >= 0.3 is 6.29 Å². The van der Waals surface area contributed by atoms with Crippen LogP contribution >= 0.6 is 11.6 Å². The largest absolute Gasteiger partial charge is 0.586 e. The molecule has 0 bridgehead atoms. The second kappa shape index (κ2) is 4.98. The van der Waals surface area contributed by atoms with Crippen LogP contribution in [0.15, 0.2) is 30.3 Å². The van der Waals surface area contributed by atoms with Gasteiger partial charge in [-0.25, -0.2) is 4.98 Å². The molecule has 1 atom stereocenters. The zero-order chi connectivity index (χ0) is 18.2. The van der Waals surface area contributed by atoms with Crippen LogP contribution in [-0.4, -0.2) is 23.6 Å². The van der Waals surface area contributed by atoms with Gasteiger partial charge in [-0.2, -0.15) is 0 Å². The maximum atomic E-state index is 13.3. The minimum Gasteiger partial charge on any atom is -0.395 e. The molecule has 0 radical (unpaired) electrons. The summed E-state index contributed by atoms with van der Waals surface area (Å²) in [4.78, 5) is 4.34. The number of pyridine rings is 1. The van der Waals surface area contributed by atoms with E-state index in [1.165, 1.54) is 6.07 Å². The van der Waals surface area contributed by atoms with E-state index in [2.05, 4.69) is 19.8 Å². The van der Waals surface area contributed by atoms with Crippen molar-refractivity contribution in [2.24, 2.45) is 0 Å². The fraction of sp³-hybridized carbons (Fsp3) is 0.389. The molecule has 2 aromatic rings. The SMILES string of the molecule is Cc1ccc(NC2(C3(c4ccc5c(c4)OC(F)(F)O5)CC3)CO2)nc1Cl. The standard InChI is InChI=1S/C18H15ClF2N2O3/c1-10-2-5-14(22-15(10)19)23-17(9-24-17)16(6-7-16)11-3-4-12-13(8-11)26-18(20,21)25-12/h2-5,8H,6-7,9H2,1H3,(H,22,23). The third-order valence-electron chi connectivity index (χ3n) is 5.28. The first-order valence-corrected chi connectivity index (χ1v) is 8.66. The second-order valence-corrected chi connectivity index (χ2v) is 7.31. The number of fused-ring (bicyclic) bond motifs is 1. The van der Waals surface area contributed by atoms with Crippen LogP contribution in [0.4, 0.5) is 14.6 Å². The molecule has 1 aromatic carbocycles. The molecule has 0 amide bonds. The maximum Gasteiger partial charge on any atom is 0.586 e. The Kier molecular flexibility index (Phi) is 3.08. The summed E-state index contributed by atoms with van der Waals surface area (Å²) < 4.78 is 41.4. The molecule has 5 nitrogen and oxygen atoms in total. The van der Waals surface area contributed by atoms with Crippen molar-refractivity contribution < 1.29 is 23.0 Å². The Labute approximate surface area is 153 Å². The number of ether oxygens (including phenoxy) is 3. The van der Waals surface area contributed by atoms with Gasteiger partial charge in [-0.3, -0.25) is 0 Å². The van der Waals surface area contributed by atoms with E-state index in [4.69, 9.17) is 16.3 Å². The van der Waals surface area contributed by atoms with Gasteiger partial charge in [0.2, 0.25) is 0 Å². The average Bonchev–Trinajstić information content (AvgIpc) is 3.47. The van der Waals surface area contributed by atoms with Crippen molar-refractivity contribution in [3.8, 4) is 11.5 Å². The van der Waals surface area contributed by atoms with Crippen LogP contribution in [-0.2, 0) is 10.2 Å². The molecule has 8 heteroatoms. The fourth-order valence-electron chi connectivity index (χ4n) is 3.62. The molecule has 1 aliphatic carbocycles. The molecule has 3 heterocycles.